The first-order chi connectivity index (χ1) is 19.3. The van der Waals surface area contributed by atoms with Crippen LogP contribution < -0.4 is 9.47 Å². The molecule has 0 fully saturated rings. The van der Waals surface area contributed by atoms with Gasteiger partial charge in [-0.05, 0) is 17.7 Å². The maximum atomic E-state index is 12.4. The predicted octanol–water partition coefficient (Wildman–Crippen LogP) is 8.13. The zero-order valence-electron chi connectivity index (χ0n) is 24.6. The van der Waals surface area contributed by atoms with E-state index in [4.69, 9.17) is 9.47 Å². The number of allylic oxidation sites excluding steroid dienone is 2. The first-order valence-corrected chi connectivity index (χ1v) is 22.6. The number of hydrogen-bond acceptors (Lipinski definition) is 6. The molecule has 2 aromatic carbocycles. The van der Waals surface area contributed by atoms with Crippen LogP contribution in [0.5, 0.6) is 23.0 Å². The molecule has 2 aromatic rings. The molecule has 0 atom stereocenters. The molecule has 0 aliphatic carbocycles. The summed E-state index contributed by atoms with van der Waals surface area (Å²) in [6, 6.07) is 9.84. The average molecular weight is 657 g/mol. The van der Waals surface area contributed by atoms with Gasteiger partial charge in [0, 0.05) is 0 Å². The van der Waals surface area contributed by atoms with Crippen molar-refractivity contribution in [2.45, 2.75) is 79.0 Å². The molecular formula is C33H46O6Sn. The average Bonchev–Trinajstić information content (AvgIpc) is 2.96. The van der Waals surface area contributed by atoms with E-state index in [-0.39, 0.29) is 29.5 Å². The van der Waals surface area contributed by atoms with Crippen molar-refractivity contribution in [3.8, 4) is 23.0 Å². The third-order valence-electron chi connectivity index (χ3n) is 7.18. The fraction of sp³-hybridized carbons (Fsp3) is 0.455. The van der Waals surface area contributed by atoms with Crippen molar-refractivity contribution >= 4 is 42.1 Å². The Bertz CT molecular complexity index is 1130. The zero-order valence-corrected chi connectivity index (χ0v) is 27.4. The van der Waals surface area contributed by atoms with Gasteiger partial charge in [-0.15, -0.1) is 0 Å². The van der Waals surface area contributed by atoms with Gasteiger partial charge in [-0.2, -0.15) is 0 Å². The van der Waals surface area contributed by atoms with Gasteiger partial charge in [0.15, 0.2) is 11.5 Å². The van der Waals surface area contributed by atoms with Crippen LogP contribution in [-0.2, 0) is 9.59 Å². The number of benzene rings is 2. The number of phenols is 2. The standard InChI is InChI=1S/C21H19O6.3C4H9.Sn/c1-26-20-11-14(5-9-18(20)24)3-7-16(22)13-17(23)8-4-15-6-10-19(25)21(12-15)27-2;3*1-3-4-2;/h3-12,24-25H,1,13H2,2H3;3*1,3-4H2,2H3;/b7-3+,8-4+;;;;. The van der Waals surface area contributed by atoms with E-state index in [1.807, 2.05) is 0 Å². The van der Waals surface area contributed by atoms with Gasteiger partial charge in [-0.3, -0.25) is 0 Å². The van der Waals surface area contributed by atoms with Gasteiger partial charge in [-0.1, -0.05) is 6.07 Å². The van der Waals surface area contributed by atoms with Crippen LogP contribution in [-0.4, -0.2) is 51.9 Å². The summed E-state index contributed by atoms with van der Waals surface area (Å²) in [4.78, 5) is 24.7. The summed E-state index contributed by atoms with van der Waals surface area (Å²) in [6.07, 6.45) is 13.0. The first-order valence-electron chi connectivity index (χ1n) is 14.5. The molecule has 2 N–H and O–H groups in total. The Morgan fingerprint density at radius 2 is 1.20 bits per heavy atom. The number of unbranched alkanes of at least 4 members (excludes halogenated alkanes) is 3. The number of hydrogen-bond donors (Lipinski definition) is 2. The van der Waals surface area contributed by atoms with Crippen LogP contribution in [0.15, 0.2) is 48.6 Å². The van der Waals surface area contributed by atoms with Gasteiger partial charge in [0.25, 0.3) is 0 Å². The van der Waals surface area contributed by atoms with E-state index in [1.165, 1.54) is 77.2 Å². The Kier molecular flexibility index (Phi) is 14.9. The van der Waals surface area contributed by atoms with Gasteiger partial charge < -0.3 is 9.84 Å². The van der Waals surface area contributed by atoms with Crippen LogP contribution >= 0.6 is 0 Å². The molecule has 0 radical (unpaired) electrons. The third kappa shape index (κ3) is 11.4. The topological polar surface area (TPSA) is 93.1 Å². The summed E-state index contributed by atoms with van der Waals surface area (Å²) in [6.45, 7) is 6.74. The van der Waals surface area contributed by atoms with Gasteiger partial charge >= 0.3 is 193 Å². The molecule has 0 aliphatic heterocycles. The molecule has 7 heteroatoms. The molecule has 0 aliphatic rings. The van der Waals surface area contributed by atoms with E-state index in [9.17, 15) is 19.8 Å². The number of ether oxygens (including phenoxy) is 2. The van der Waals surface area contributed by atoms with Crippen molar-refractivity contribution in [3.63, 3.8) is 0 Å². The second kappa shape index (κ2) is 17.8. The van der Waals surface area contributed by atoms with Crippen LogP contribution in [0.4, 0.5) is 0 Å². The van der Waals surface area contributed by atoms with Crippen LogP contribution in [0.25, 0.3) is 12.2 Å². The Balaban J connectivity index is 2.05. The molecule has 0 aromatic heterocycles. The summed E-state index contributed by atoms with van der Waals surface area (Å²) < 4.78 is 16.1. The maximum absolute atomic E-state index is 12.4. The molecule has 6 nitrogen and oxygen atoms in total. The molecule has 0 amide bonds. The SMILES string of the molecule is CCC[CH2][Sn]([CH2]CCC)([CH2]CCC)[CH2]Oc1cc(/C=C/C(=O)CC(=O)/C=C/c2ccc(O)c(OC)c2)ccc1O. The Morgan fingerprint density at radius 3 is 1.65 bits per heavy atom. The summed E-state index contributed by atoms with van der Waals surface area (Å²) in [5, 5.41) is 20.2. The van der Waals surface area contributed by atoms with E-state index in [2.05, 4.69) is 20.8 Å². The summed E-state index contributed by atoms with van der Waals surface area (Å²) >= 11 is -2.54. The number of carbonyl (C=O) groups is 2. The summed E-state index contributed by atoms with van der Waals surface area (Å²) in [5.41, 5.74) is 1.41. The Hall–Kier alpha value is -2.74. The van der Waals surface area contributed by atoms with E-state index in [0.717, 1.165) is 10.2 Å². The molecular weight excluding hydrogens is 611 g/mol. The molecule has 2 rings (SSSR count). The molecule has 0 saturated heterocycles. The van der Waals surface area contributed by atoms with Crippen molar-refractivity contribution in [2.75, 3.05) is 11.7 Å². The van der Waals surface area contributed by atoms with Crippen LogP contribution in [0.2, 0.25) is 13.3 Å². The van der Waals surface area contributed by atoms with Crippen LogP contribution in [0, 0.1) is 0 Å². The molecule has 0 heterocycles. The number of phenolic OH excluding ortho intramolecular Hbond substituents is 2. The zero-order chi connectivity index (χ0) is 29.4. The van der Waals surface area contributed by atoms with E-state index in [0.29, 0.717) is 17.1 Å². The molecule has 40 heavy (non-hydrogen) atoms. The fourth-order valence-electron chi connectivity index (χ4n) is 4.69. The van der Waals surface area contributed by atoms with Gasteiger partial charge in [0.1, 0.15) is 0 Å². The fourth-order valence-corrected chi connectivity index (χ4v) is 18.8. The quantitative estimate of drug-likeness (QED) is 0.0901. The second-order valence-electron chi connectivity index (χ2n) is 10.5. The number of methoxy groups -OCH3 is 1. The Morgan fingerprint density at radius 1 is 0.750 bits per heavy atom. The van der Waals surface area contributed by atoms with Crippen molar-refractivity contribution in [3.05, 3.63) is 59.7 Å². The molecule has 0 bridgehead atoms. The Labute approximate surface area is 244 Å². The summed E-state index contributed by atoms with van der Waals surface area (Å²) in [5.74, 6) is 0.248. The van der Waals surface area contributed by atoms with Crippen LogP contribution in [0.1, 0.15) is 76.8 Å². The summed E-state index contributed by atoms with van der Waals surface area (Å²) in [7, 11) is 1.45. The van der Waals surface area contributed by atoms with Crippen molar-refractivity contribution in [1.82, 2.24) is 0 Å². The van der Waals surface area contributed by atoms with E-state index >= 15 is 0 Å². The molecule has 0 spiro atoms. The first kappa shape index (κ1) is 33.5. The predicted molar refractivity (Wildman–Crippen MR) is 166 cm³/mol. The molecule has 218 valence electrons. The molecule has 0 saturated carbocycles. The van der Waals surface area contributed by atoms with Gasteiger partial charge in [0.05, 0.1) is 7.11 Å². The minimum atomic E-state index is -2.54. The van der Waals surface area contributed by atoms with Gasteiger partial charge in [-0.25, -0.2) is 0 Å². The third-order valence-corrected chi connectivity index (χ3v) is 21.4. The van der Waals surface area contributed by atoms with Crippen molar-refractivity contribution in [1.29, 1.82) is 0 Å². The van der Waals surface area contributed by atoms with E-state index < -0.39 is 18.4 Å². The van der Waals surface area contributed by atoms with Crippen molar-refractivity contribution in [2.24, 2.45) is 0 Å². The molecule has 0 unspecified atom stereocenters. The number of ketones is 2. The number of rotatable bonds is 19. The van der Waals surface area contributed by atoms with Gasteiger partial charge in [0.2, 0.25) is 0 Å². The second-order valence-corrected chi connectivity index (χ2v) is 24.2. The van der Waals surface area contributed by atoms with E-state index in [1.54, 1.807) is 42.5 Å². The van der Waals surface area contributed by atoms with Crippen molar-refractivity contribution < 1.29 is 29.3 Å². The normalized spacial score (nSPS) is 11.8. The monoisotopic (exact) mass is 658 g/mol. The van der Waals surface area contributed by atoms with Crippen LogP contribution in [0.3, 0.4) is 0 Å². The number of aromatic hydroxyl groups is 2. The number of carbonyl (C=O) groups excluding carboxylic acids is 2. The minimum absolute atomic E-state index is 0.0148.